The summed E-state index contributed by atoms with van der Waals surface area (Å²) in [6.45, 7) is 0. The Kier molecular flexibility index (Phi) is 6.10. The monoisotopic (exact) mass is 464 g/mol. The summed E-state index contributed by atoms with van der Waals surface area (Å²) in [4.78, 5) is 25.6. The van der Waals surface area contributed by atoms with Crippen LogP contribution in [0, 0.1) is 0 Å². The van der Waals surface area contributed by atoms with Gasteiger partial charge in [0.2, 0.25) is 0 Å². The van der Waals surface area contributed by atoms with Gasteiger partial charge in [-0.2, -0.15) is 0 Å². The zero-order chi connectivity index (χ0) is 23.3. The van der Waals surface area contributed by atoms with Crippen LogP contribution in [0.25, 0.3) is 10.9 Å². The smallest absolute Gasteiger partial charge is 0.257 e. The van der Waals surface area contributed by atoms with E-state index < -0.39 is 0 Å². The molecule has 1 amide bonds. The first-order chi connectivity index (χ1) is 16.6. The number of fused-ring (bicyclic) bond motifs is 1. The van der Waals surface area contributed by atoms with Crippen LogP contribution in [0.4, 0.5) is 28.6 Å². The van der Waals surface area contributed by atoms with Gasteiger partial charge in [-0.25, -0.2) is 4.98 Å². The highest BCUT2D eigenvalue weighted by Crippen LogP contribution is 2.24. The van der Waals surface area contributed by atoms with Gasteiger partial charge in [0.15, 0.2) is 0 Å². The van der Waals surface area contributed by atoms with Crippen LogP contribution in [-0.2, 0) is 0 Å². The summed E-state index contributed by atoms with van der Waals surface area (Å²) >= 11 is 0. The molecule has 34 heavy (non-hydrogen) atoms. The van der Waals surface area contributed by atoms with E-state index in [-0.39, 0.29) is 5.91 Å². The van der Waals surface area contributed by atoms with Gasteiger partial charge < -0.3 is 16.0 Å². The van der Waals surface area contributed by atoms with Crippen molar-refractivity contribution in [3.8, 4) is 0 Å². The average molecular weight is 464 g/mol. The van der Waals surface area contributed by atoms with Crippen molar-refractivity contribution in [3.05, 3.63) is 103 Å². The Morgan fingerprint density at radius 2 is 1.62 bits per heavy atom. The third-order valence-electron chi connectivity index (χ3n) is 5.14. The lowest BCUT2D eigenvalue weighted by Crippen LogP contribution is -2.12. The third kappa shape index (κ3) is 5.00. The number of amides is 1. The number of carbonyl (C=O) groups is 1. The minimum atomic E-state index is -0.234. The van der Waals surface area contributed by atoms with Crippen molar-refractivity contribution in [2.75, 3.05) is 16.0 Å². The van der Waals surface area contributed by atoms with Crippen molar-refractivity contribution >= 4 is 59.9 Å². The van der Waals surface area contributed by atoms with E-state index in [2.05, 4.69) is 46.2 Å². The minimum absolute atomic E-state index is 0.234. The lowest BCUT2D eigenvalue weighted by atomic mass is 10.2. The van der Waals surface area contributed by atoms with Gasteiger partial charge in [0.25, 0.3) is 5.91 Å². The molecule has 2 aromatic carbocycles. The molecule has 8 heteroatoms. The zero-order valence-electron chi connectivity index (χ0n) is 18.1. The largest absolute Gasteiger partial charge is 0.355 e. The fourth-order valence-corrected chi connectivity index (χ4v) is 3.76. The van der Waals surface area contributed by atoms with Gasteiger partial charge in [-0.3, -0.25) is 14.8 Å². The summed E-state index contributed by atoms with van der Waals surface area (Å²) in [6, 6.07) is 22.7. The second-order valence-corrected chi connectivity index (χ2v) is 8.25. The maximum atomic E-state index is 12.8. The number of rotatable bonds is 6. The molecule has 7 nitrogen and oxygen atoms in total. The van der Waals surface area contributed by atoms with Crippen LogP contribution < -0.4 is 21.3 Å². The maximum Gasteiger partial charge on any atom is 0.257 e. The Labute approximate surface area is 198 Å². The van der Waals surface area contributed by atoms with E-state index in [9.17, 15) is 4.79 Å². The Bertz CT molecular complexity index is 1460. The number of pyridine rings is 3. The summed E-state index contributed by atoms with van der Waals surface area (Å²) in [5.41, 5.74) is 4.72. The molecule has 0 fully saturated rings. The Morgan fingerprint density at radius 1 is 0.765 bits per heavy atom. The molecule has 1 unspecified atom stereocenters. The molecule has 3 heterocycles. The van der Waals surface area contributed by atoms with Gasteiger partial charge in [-0.1, -0.05) is 12.1 Å². The molecule has 0 bridgehead atoms. The van der Waals surface area contributed by atoms with Gasteiger partial charge in [0, 0.05) is 47.2 Å². The van der Waals surface area contributed by atoms with Gasteiger partial charge in [0.1, 0.15) is 5.82 Å². The molecule has 166 valence electrons. The molecule has 0 saturated carbocycles. The van der Waals surface area contributed by atoms with Crippen LogP contribution in [0.1, 0.15) is 10.4 Å². The highest BCUT2D eigenvalue weighted by molar-refractivity contribution is 7.27. The van der Waals surface area contributed by atoms with Gasteiger partial charge in [-0.05, 0) is 66.0 Å². The maximum absolute atomic E-state index is 12.8. The molecule has 0 spiro atoms. The molecule has 0 saturated heterocycles. The van der Waals surface area contributed by atoms with Crippen molar-refractivity contribution in [2.24, 2.45) is 0 Å². The standard InChI is InChI=1S/C26H21N6OP/c33-26(31-20-3-1-2-19(14-20)30-18-8-11-27-12-9-18)17-4-7-25(29-16-17)32-24-10-13-28-23-6-5-21(34)15-22(23)24/h1-16H,34H2,(H,27,30)(H,31,33)(H,28,29,32). The van der Waals surface area contributed by atoms with Crippen LogP contribution in [0.3, 0.4) is 0 Å². The molecular weight excluding hydrogens is 443 g/mol. The number of anilines is 5. The fraction of sp³-hybridized carbons (Fsp3) is 0. The first kappa shape index (κ1) is 21.5. The summed E-state index contributed by atoms with van der Waals surface area (Å²) in [6.07, 6.45) is 6.75. The van der Waals surface area contributed by atoms with Crippen molar-refractivity contribution in [3.63, 3.8) is 0 Å². The molecule has 0 radical (unpaired) electrons. The predicted molar refractivity (Wildman–Crippen MR) is 141 cm³/mol. The number of benzene rings is 2. The van der Waals surface area contributed by atoms with E-state index in [0.717, 1.165) is 33.3 Å². The second kappa shape index (κ2) is 9.65. The van der Waals surface area contributed by atoms with Crippen molar-refractivity contribution in [1.29, 1.82) is 0 Å². The molecule has 3 aromatic heterocycles. The first-order valence-corrected chi connectivity index (χ1v) is 11.2. The summed E-state index contributed by atoms with van der Waals surface area (Å²) in [7, 11) is 2.70. The number of nitrogens with zero attached hydrogens (tertiary/aromatic N) is 3. The first-order valence-electron chi connectivity index (χ1n) is 10.6. The number of hydrogen-bond acceptors (Lipinski definition) is 6. The van der Waals surface area contributed by atoms with Crippen LogP contribution in [0.5, 0.6) is 0 Å². The lowest BCUT2D eigenvalue weighted by molar-refractivity contribution is 0.102. The van der Waals surface area contributed by atoms with E-state index in [1.54, 1.807) is 36.9 Å². The number of nitrogens with one attached hydrogen (secondary N) is 3. The molecule has 5 aromatic rings. The molecule has 0 aliphatic heterocycles. The fourth-order valence-electron chi connectivity index (χ4n) is 3.49. The molecule has 0 aliphatic rings. The van der Waals surface area contributed by atoms with Crippen LogP contribution in [0.15, 0.2) is 97.6 Å². The second-order valence-electron chi connectivity index (χ2n) is 7.59. The van der Waals surface area contributed by atoms with E-state index in [0.29, 0.717) is 17.1 Å². The van der Waals surface area contributed by atoms with Crippen LogP contribution >= 0.6 is 9.24 Å². The van der Waals surface area contributed by atoms with Crippen molar-refractivity contribution < 1.29 is 4.79 Å². The Balaban J connectivity index is 1.27. The quantitative estimate of drug-likeness (QED) is 0.297. The molecule has 1 atom stereocenters. The topological polar surface area (TPSA) is 91.8 Å². The number of hydrogen-bond donors (Lipinski definition) is 3. The van der Waals surface area contributed by atoms with E-state index in [4.69, 9.17) is 0 Å². The number of carbonyl (C=O) groups excluding carboxylic acids is 1. The molecule has 0 aliphatic carbocycles. The Morgan fingerprint density at radius 3 is 2.44 bits per heavy atom. The van der Waals surface area contributed by atoms with Gasteiger partial charge >= 0.3 is 0 Å². The normalized spacial score (nSPS) is 10.6. The van der Waals surface area contributed by atoms with E-state index >= 15 is 0 Å². The summed E-state index contributed by atoms with van der Waals surface area (Å²) in [5.74, 6) is 0.406. The zero-order valence-corrected chi connectivity index (χ0v) is 19.2. The summed E-state index contributed by atoms with van der Waals surface area (Å²) in [5, 5.41) is 11.6. The van der Waals surface area contributed by atoms with Crippen molar-refractivity contribution in [2.45, 2.75) is 0 Å². The lowest BCUT2D eigenvalue weighted by Gasteiger charge is -2.11. The van der Waals surface area contributed by atoms with Gasteiger partial charge in [0.05, 0.1) is 16.8 Å². The highest BCUT2D eigenvalue weighted by atomic mass is 31.0. The van der Waals surface area contributed by atoms with E-state index in [1.165, 1.54) is 0 Å². The van der Waals surface area contributed by atoms with Crippen LogP contribution in [-0.4, -0.2) is 20.9 Å². The SMILES string of the molecule is O=C(Nc1cccc(Nc2ccncc2)c1)c1ccc(Nc2ccnc3ccc(P)cc23)nc1. The summed E-state index contributed by atoms with van der Waals surface area (Å²) < 4.78 is 0. The average Bonchev–Trinajstić information content (AvgIpc) is 2.86. The molecule has 3 N–H and O–H groups in total. The molecule has 5 rings (SSSR count). The van der Waals surface area contributed by atoms with E-state index in [1.807, 2.05) is 54.6 Å². The Hall–Kier alpha value is -4.35. The minimum Gasteiger partial charge on any atom is -0.355 e. The van der Waals surface area contributed by atoms with Crippen molar-refractivity contribution in [1.82, 2.24) is 15.0 Å². The highest BCUT2D eigenvalue weighted by Gasteiger charge is 2.09. The van der Waals surface area contributed by atoms with Crippen LogP contribution in [0.2, 0.25) is 0 Å². The van der Waals surface area contributed by atoms with Gasteiger partial charge in [-0.15, -0.1) is 9.24 Å². The number of aromatic nitrogens is 3. The third-order valence-corrected chi connectivity index (χ3v) is 5.50. The predicted octanol–water partition coefficient (Wildman–Crippen LogP) is 5.26. The molecular formula is C26H21N6OP.